The molecule has 0 bridgehead atoms. The van der Waals surface area contributed by atoms with Gasteiger partial charge in [0.2, 0.25) is 0 Å². The summed E-state index contributed by atoms with van der Waals surface area (Å²) in [6, 6.07) is 2.18. The minimum atomic E-state index is 0.770. The van der Waals surface area contributed by atoms with Crippen LogP contribution in [0.5, 0.6) is 5.75 Å². The highest BCUT2D eigenvalue weighted by Crippen LogP contribution is 2.33. The zero-order chi connectivity index (χ0) is 10.8. The fourth-order valence-electron chi connectivity index (χ4n) is 2.40. The standard InChI is InChI=1S/C13H19NO/c1-9-8-13-12(5-7-15-13)10(2)11(9)4-3-6-14/h8H,3-7,14H2,1-2H3. The van der Waals surface area contributed by atoms with Gasteiger partial charge >= 0.3 is 0 Å². The van der Waals surface area contributed by atoms with Crippen LogP contribution in [0.25, 0.3) is 0 Å². The van der Waals surface area contributed by atoms with E-state index in [2.05, 4.69) is 19.9 Å². The van der Waals surface area contributed by atoms with Crippen LogP contribution in [0.15, 0.2) is 6.07 Å². The van der Waals surface area contributed by atoms with Gasteiger partial charge in [-0.3, -0.25) is 0 Å². The Kier molecular flexibility index (Phi) is 2.96. The summed E-state index contributed by atoms with van der Waals surface area (Å²) in [5.41, 5.74) is 11.2. The third-order valence-corrected chi connectivity index (χ3v) is 3.27. The van der Waals surface area contributed by atoms with E-state index in [1.54, 1.807) is 0 Å². The first-order valence-electron chi connectivity index (χ1n) is 5.69. The van der Waals surface area contributed by atoms with Gasteiger partial charge in [-0.15, -0.1) is 0 Å². The van der Waals surface area contributed by atoms with Crippen LogP contribution in [0.1, 0.15) is 28.7 Å². The molecule has 82 valence electrons. The number of ether oxygens (including phenoxy) is 1. The zero-order valence-electron chi connectivity index (χ0n) is 9.60. The first-order valence-corrected chi connectivity index (χ1v) is 5.69. The Morgan fingerprint density at radius 1 is 1.40 bits per heavy atom. The van der Waals surface area contributed by atoms with Crippen molar-refractivity contribution >= 4 is 0 Å². The predicted octanol–water partition coefficient (Wildman–Crippen LogP) is 2.13. The maximum Gasteiger partial charge on any atom is 0.123 e. The lowest BCUT2D eigenvalue weighted by Crippen LogP contribution is -2.04. The number of rotatable bonds is 3. The Bertz CT molecular complexity index is 371. The lowest BCUT2D eigenvalue weighted by atomic mass is 9.93. The van der Waals surface area contributed by atoms with Crippen LogP contribution in [0.2, 0.25) is 0 Å². The minimum Gasteiger partial charge on any atom is -0.493 e. The molecular formula is C13H19NO. The van der Waals surface area contributed by atoms with Gasteiger partial charge < -0.3 is 10.5 Å². The number of aryl methyl sites for hydroxylation is 1. The molecule has 0 amide bonds. The van der Waals surface area contributed by atoms with Gasteiger partial charge in [0.15, 0.2) is 0 Å². The minimum absolute atomic E-state index is 0.770. The predicted molar refractivity (Wildman–Crippen MR) is 62.5 cm³/mol. The van der Waals surface area contributed by atoms with E-state index in [-0.39, 0.29) is 0 Å². The molecule has 1 aromatic rings. The molecule has 0 aromatic heterocycles. The van der Waals surface area contributed by atoms with Gasteiger partial charge in [0.1, 0.15) is 5.75 Å². The summed E-state index contributed by atoms with van der Waals surface area (Å²) in [4.78, 5) is 0. The molecule has 1 heterocycles. The topological polar surface area (TPSA) is 35.2 Å². The highest BCUT2D eigenvalue weighted by atomic mass is 16.5. The molecule has 1 aromatic carbocycles. The van der Waals surface area contributed by atoms with Crippen molar-refractivity contribution in [2.24, 2.45) is 5.73 Å². The van der Waals surface area contributed by atoms with Crippen LogP contribution in [0.3, 0.4) is 0 Å². The molecule has 0 radical (unpaired) electrons. The molecule has 0 atom stereocenters. The smallest absolute Gasteiger partial charge is 0.123 e. The normalized spacial score (nSPS) is 13.8. The van der Waals surface area contributed by atoms with Gasteiger partial charge in [0.25, 0.3) is 0 Å². The second-order valence-electron chi connectivity index (χ2n) is 4.26. The third kappa shape index (κ3) is 1.86. The Labute approximate surface area is 91.4 Å². The molecule has 1 aliphatic rings. The van der Waals surface area contributed by atoms with E-state index in [1.807, 2.05) is 0 Å². The largest absolute Gasteiger partial charge is 0.493 e. The van der Waals surface area contributed by atoms with Crippen molar-refractivity contribution in [1.82, 2.24) is 0 Å². The van der Waals surface area contributed by atoms with Gasteiger partial charge in [-0.05, 0) is 56.0 Å². The van der Waals surface area contributed by atoms with E-state index >= 15 is 0 Å². The van der Waals surface area contributed by atoms with Crippen LogP contribution in [0.4, 0.5) is 0 Å². The lowest BCUT2D eigenvalue weighted by molar-refractivity contribution is 0.356. The molecular weight excluding hydrogens is 186 g/mol. The van der Waals surface area contributed by atoms with Crippen molar-refractivity contribution in [1.29, 1.82) is 0 Å². The van der Waals surface area contributed by atoms with E-state index < -0.39 is 0 Å². The van der Waals surface area contributed by atoms with Gasteiger partial charge in [0.05, 0.1) is 6.61 Å². The highest BCUT2D eigenvalue weighted by molar-refractivity contribution is 5.50. The van der Waals surface area contributed by atoms with E-state index in [9.17, 15) is 0 Å². The average molecular weight is 205 g/mol. The molecule has 15 heavy (non-hydrogen) atoms. The van der Waals surface area contributed by atoms with Crippen LogP contribution in [-0.4, -0.2) is 13.2 Å². The number of fused-ring (bicyclic) bond motifs is 1. The van der Waals surface area contributed by atoms with Crippen LogP contribution in [0, 0.1) is 13.8 Å². The van der Waals surface area contributed by atoms with Crippen molar-refractivity contribution in [3.63, 3.8) is 0 Å². The fourth-order valence-corrected chi connectivity index (χ4v) is 2.40. The monoisotopic (exact) mass is 205 g/mol. The average Bonchev–Trinajstić information content (AvgIpc) is 2.65. The van der Waals surface area contributed by atoms with Crippen LogP contribution in [-0.2, 0) is 12.8 Å². The zero-order valence-corrected chi connectivity index (χ0v) is 9.60. The second kappa shape index (κ2) is 4.23. The van der Waals surface area contributed by atoms with Gasteiger partial charge in [-0.25, -0.2) is 0 Å². The second-order valence-corrected chi connectivity index (χ2v) is 4.26. The maximum atomic E-state index is 5.59. The molecule has 0 fully saturated rings. The third-order valence-electron chi connectivity index (χ3n) is 3.27. The van der Waals surface area contributed by atoms with Crippen LogP contribution >= 0.6 is 0 Å². The number of benzene rings is 1. The first-order chi connectivity index (χ1) is 7.24. The number of hydrogen-bond acceptors (Lipinski definition) is 2. The summed E-state index contributed by atoms with van der Waals surface area (Å²) in [7, 11) is 0. The van der Waals surface area contributed by atoms with Gasteiger partial charge in [-0.1, -0.05) is 0 Å². The number of nitrogens with two attached hydrogens (primary N) is 1. The summed E-state index contributed by atoms with van der Waals surface area (Å²) in [5, 5.41) is 0. The van der Waals surface area contributed by atoms with E-state index in [1.165, 1.54) is 22.3 Å². The van der Waals surface area contributed by atoms with Crippen LogP contribution < -0.4 is 10.5 Å². The Morgan fingerprint density at radius 3 is 2.93 bits per heavy atom. The quantitative estimate of drug-likeness (QED) is 0.820. The molecule has 2 rings (SSSR count). The van der Waals surface area contributed by atoms with Gasteiger partial charge in [-0.2, -0.15) is 0 Å². The summed E-state index contributed by atoms with van der Waals surface area (Å²) in [6.07, 6.45) is 3.24. The molecule has 0 aliphatic carbocycles. The van der Waals surface area contributed by atoms with Crippen molar-refractivity contribution in [3.05, 3.63) is 28.3 Å². The Morgan fingerprint density at radius 2 is 2.20 bits per heavy atom. The van der Waals surface area contributed by atoms with Crippen molar-refractivity contribution in [2.75, 3.05) is 13.2 Å². The molecule has 2 heteroatoms. The molecule has 0 unspecified atom stereocenters. The molecule has 0 spiro atoms. The van der Waals surface area contributed by atoms with E-state index in [0.717, 1.165) is 38.2 Å². The van der Waals surface area contributed by atoms with E-state index in [4.69, 9.17) is 10.5 Å². The van der Waals surface area contributed by atoms with Crippen molar-refractivity contribution < 1.29 is 4.74 Å². The molecule has 0 saturated carbocycles. The Hall–Kier alpha value is -1.02. The summed E-state index contributed by atoms with van der Waals surface area (Å²) in [6.45, 7) is 6.00. The lowest BCUT2D eigenvalue weighted by Gasteiger charge is -2.13. The summed E-state index contributed by atoms with van der Waals surface area (Å²) < 4.78 is 5.59. The summed E-state index contributed by atoms with van der Waals surface area (Å²) >= 11 is 0. The van der Waals surface area contributed by atoms with E-state index in [0.29, 0.717) is 0 Å². The molecule has 2 N–H and O–H groups in total. The highest BCUT2D eigenvalue weighted by Gasteiger charge is 2.18. The van der Waals surface area contributed by atoms with Gasteiger partial charge in [0, 0.05) is 12.0 Å². The molecule has 2 nitrogen and oxygen atoms in total. The Balaban J connectivity index is 2.37. The summed E-state index contributed by atoms with van der Waals surface area (Å²) in [5.74, 6) is 1.10. The van der Waals surface area contributed by atoms with Crippen molar-refractivity contribution in [3.8, 4) is 5.75 Å². The van der Waals surface area contributed by atoms with Crippen molar-refractivity contribution in [2.45, 2.75) is 33.1 Å². The molecule has 1 aliphatic heterocycles. The SMILES string of the molecule is Cc1cc2c(c(C)c1CCCN)CCO2. The maximum absolute atomic E-state index is 5.59. The first kappa shape index (κ1) is 10.5. The fraction of sp³-hybridized carbons (Fsp3) is 0.538. The number of hydrogen-bond donors (Lipinski definition) is 1. The molecule has 0 saturated heterocycles.